The first kappa shape index (κ1) is 15.4. The average Bonchev–Trinajstić information content (AvgIpc) is 3.19. The Morgan fingerprint density at radius 2 is 2.20 bits per heavy atom. The maximum atomic E-state index is 12.8. The summed E-state index contributed by atoms with van der Waals surface area (Å²) in [5, 5.41) is 15.4. The molecule has 2 N–H and O–H groups in total. The van der Waals surface area contributed by atoms with E-state index >= 15 is 0 Å². The molecule has 2 saturated heterocycles. The molecule has 2 fully saturated rings. The van der Waals surface area contributed by atoms with Gasteiger partial charge in [0.1, 0.15) is 0 Å². The minimum atomic E-state index is -0.902. The Labute approximate surface area is 147 Å². The van der Waals surface area contributed by atoms with Gasteiger partial charge in [0, 0.05) is 17.3 Å². The Morgan fingerprint density at radius 3 is 2.96 bits per heavy atom. The topological polar surface area (TPSA) is 61.8 Å². The van der Waals surface area contributed by atoms with E-state index in [2.05, 4.69) is 28.4 Å². The fraction of sp³-hybridized carbons (Fsp3) is 0.550. The minimum absolute atomic E-state index is 0.0170. The number of para-hydroxylation sites is 1. The number of hydrogen-bond acceptors (Lipinski definition) is 5. The smallest absolute Gasteiger partial charge is 0.335 e. The second kappa shape index (κ2) is 4.86. The monoisotopic (exact) mass is 340 g/mol. The Balaban J connectivity index is 1.87. The van der Waals surface area contributed by atoms with Crippen LogP contribution < -0.4 is 5.32 Å². The van der Waals surface area contributed by atoms with E-state index in [9.17, 15) is 9.90 Å². The van der Waals surface area contributed by atoms with Gasteiger partial charge in [-0.2, -0.15) is 0 Å². The number of ether oxygens (including phenoxy) is 1. The van der Waals surface area contributed by atoms with Crippen LogP contribution in [0.4, 0.5) is 5.69 Å². The molecule has 0 unspecified atom stereocenters. The number of benzene rings is 1. The van der Waals surface area contributed by atoms with Crippen molar-refractivity contribution < 1.29 is 14.6 Å². The number of aliphatic hydroxyl groups is 1. The first-order valence-corrected chi connectivity index (χ1v) is 9.24. The van der Waals surface area contributed by atoms with Crippen molar-refractivity contribution in [2.24, 2.45) is 5.92 Å². The van der Waals surface area contributed by atoms with Crippen LogP contribution in [-0.4, -0.2) is 47.8 Å². The van der Waals surface area contributed by atoms with Crippen molar-refractivity contribution in [3.05, 3.63) is 41.1 Å². The molecule has 132 valence electrons. The summed E-state index contributed by atoms with van der Waals surface area (Å²) in [6, 6.07) is 8.31. The van der Waals surface area contributed by atoms with E-state index in [1.54, 1.807) is 0 Å². The molecule has 25 heavy (non-hydrogen) atoms. The highest BCUT2D eigenvalue weighted by Gasteiger charge is 2.69. The molecular weight excluding hydrogens is 316 g/mol. The van der Waals surface area contributed by atoms with Crippen LogP contribution >= 0.6 is 0 Å². The maximum absolute atomic E-state index is 12.8. The molecule has 1 spiro atoms. The van der Waals surface area contributed by atoms with Gasteiger partial charge in [-0.25, -0.2) is 4.79 Å². The summed E-state index contributed by atoms with van der Waals surface area (Å²) < 4.78 is 5.17. The first-order chi connectivity index (χ1) is 12.1. The number of nitrogens with one attached hydrogen (secondary N) is 1. The highest BCUT2D eigenvalue weighted by atomic mass is 16.5. The number of anilines is 1. The standard InChI is InChI=1S/C20H24N2O3/c1-3-20(24)13-8-10-22-11-9-19(18(20)22)12-6-4-5-7-14(12)21-16(19)15(13)17(23)25-2/h4-7,13,18,21,24H,3,8-11H2,1-2H3/t13-,18+,19-,20-/m1/s1. The number of rotatable bonds is 2. The Morgan fingerprint density at radius 1 is 1.40 bits per heavy atom. The third-order valence-electron chi connectivity index (χ3n) is 7.11. The molecule has 5 rings (SSSR count). The van der Waals surface area contributed by atoms with Gasteiger partial charge in [0.05, 0.1) is 29.7 Å². The van der Waals surface area contributed by atoms with Gasteiger partial charge >= 0.3 is 5.97 Å². The molecule has 3 heterocycles. The summed E-state index contributed by atoms with van der Waals surface area (Å²) >= 11 is 0. The molecule has 1 aromatic rings. The number of carbonyl (C=O) groups excluding carboxylic acids is 1. The van der Waals surface area contributed by atoms with E-state index < -0.39 is 5.60 Å². The van der Waals surface area contributed by atoms with Gasteiger partial charge in [0.2, 0.25) is 0 Å². The molecular formula is C20H24N2O3. The van der Waals surface area contributed by atoms with E-state index in [0.717, 1.165) is 37.3 Å². The molecule has 0 saturated carbocycles. The molecule has 2 bridgehead atoms. The summed E-state index contributed by atoms with van der Waals surface area (Å²) in [7, 11) is 1.44. The molecule has 1 aromatic carbocycles. The van der Waals surface area contributed by atoms with Crippen molar-refractivity contribution in [2.45, 2.75) is 43.2 Å². The Bertz CT molecular complexity index is 804. The van der Waals surface area contributed by atoms with Crippen molar-refractivity contribution in [1.82, 2.24) is 4.90 Å². The molecule has 5 heteroatoms. The van der Waals surface area contributed by atoms with Gasteiger partial charge in [-0.1, -0.05) is 25.1 Å². The maximum Gasteiger partial charge on any atom is 0.335 e. The van der Waals surface area contributed by atoms with Crippen molar-refractivity contribution >= 4 is 11.7 Å². The molecule has 0 aromatic heterocycles. The van der Waals surface area contributed by atoms with E-state index in [0.29, 0.717) is 12.0 Å². The zero-order chi connectivity index (χ0) is 17.4. The lowest BCUT2D eigenvalue weighted by Crippen LogP contribution is -2.68. The van der Waals surface area contributed by atoms with Crippen molar-refractivity contribution in [2.75, 3.05) is 25.5 Å². The van der Waals surface area contributed by atoms with Crippen molar-refractivity contribution in [1.29, 1.82) is 0 Å². The van der Waals surface area contributed by atoms with Gasteiger partial charge in [0.15, 0.2) is 0 Å². The number of piperidine rings is 1. The lowest BCUT2D eigenvalue weighted by Gasteiger charge is -2.57. The average molecular weight is 340 g/mol. The first-order valence-electron chi connectivity index (χ1n) is 9.24. The number of hydrogen-bond donors (Lipinski definition) is 2. The summed E-state index contributed by atoms with van der Waals surface area (Å²) in [4.78, 5) is 15.2. The quantitative estimate of drug-likeness (QED) is 0.807. The Kier molecular flexibility index (Phi) is 3.00. The van der Waals surface area contributed by atoms with Crippen LogP contribution in [0.2, 0.25) is 0 Å². The van der Waals surface area contributed by atoms with Crippen LogP contribution in [-0.2, 0) is 14.9 Å². The van der Waals surface area contributed by atoms with Gasteiger partial charge < -0.3 is 15.2 Å². The second-order valence-electron chi connectivity index (χ2n) is 7.80. The third-order valence-corrected chi connectivity index (χ3v) is 7.11. The summed E-state index contributed by atoms with van der Waals surface area (Å²) in [6.07, 6.45) is 2.35. The van der Waals surface area contributed by atoms with Crippen molar-refractivity contribution in [3.63, 3.8) is 0 Å². The summed E-state index contributed by atoms with van der Waals surface area (Å²) in [5.41, 5.74) is 2.69. The SMILES string of the molecule is CC[C@@]1(O)[C@@H]2CCN3CC[C@@]4(C(=C2C(=O)OC)Nc2ccccc24)[C@H]31. The highest BCUT2D eigenvalue weighted by Crippen LogP contribution is 2.63. The lowest BCUT2D eigenvalue weighted by atomic mass is 9.55. The van der Waals surface area contributed by atoms with Gasteiger partial charge in [-0.05, 0) is 44.0 Å². The summed E-state index contributed by atoms with van der Waals surface area (Å²) in [5.74, 6) is -0.473. The number of nitrogens with zero attached hydrogens (tertiary/aromatic N) is 1. The number of esters is 1. The predicted molar refractivity (Wildman–Crippen MR) is 94.1 cm³/mol. The molecule has 5 nitrogen and oxygen atoms in total. The van der Waals surface area contributed by atoms with Crippen LogP contribution in [0.15, 0.2) is 35.5 Å². The van der Waals surface area contributed by atoms with Gasteiger partial charge in [-0.15, -0.1) is 0 Å². The van der Waals surface area contributed by atoms with Crippen LogP contribution in [0.25, 0.3) is 0 Å². The molecule has 0 radical (unpaired) electrons. The van der Waals surface area contributed by atoms with Crippen LogP contribution in [0.3, 0.4) is 0 Å². The molecule has 0 amide bonds. The number of fused-ring (bicyclic) bond motifs is 2. The minimum Gasteiger partial charge on any atom is -0.466 e. The second-order valence-corrected chi connectivity index (χ2v) is 7.80. The van der Waals surface area contributed by atoms with Crippen LogP contribution in [0.1, 0.15) is 31.7 Å². The fourth-order valence-corrected chi connectivity index (χ4v) is 6.19. The van der Waals surface area contributed by atoms with Crippen LogP contribution in [0.5, 0.6) is 0 Å². The molecule has 1 aliphatic carbocycles. The van der Waals surface area contributed by atoms with Crippen molar-refractivity contribution in [3.8, 4) is 0 Å². The lowest BCUT2D eigenvalue weighted by molar-refractivity contribution is -0.147. The zero-order valence-corrected chi connectivity index (χ0v) is 14.7. The fourth-order valence-electron chi connectivity index (χ4n) is 6.19. The number of carbonyl (C=O) groups is 1. The largest absolute Gasteiger partial charge is 0.466 e. The summed E-state index contributed by atoms with van der Waals surface area (Å²) in [6.45, 7) is 3.92. The molecule has 3 aliphatic heterocycles. The Hall–Kier alpha value is -1.85. The third kappa shape index (κ3) is 1.59. The van der Waals surface area contributed by atoms with E-state index in [-0.39, 0.29) is 23.3 Å². The van der Waals surface area contributed by atoms with E-state index in [1.807, 2.05) is 13.0 Å². The highest BCUT2D eigenvalue weighted by molar-refractivity contribution is 5.94. The zero-order valence-electron chi connectivity index (χ0n) is 14.7. The van der Waals surface area contributed by atoms with Gasteiger partial charge in [-0.3, -0.25) is 4.90 Å². The van der Waals surface area contributed by atoms with E-state index in [1.165, 1.54) is 12.7 Å². The molecule has 4 atom stereocenters. The normalized spacial score (nSPS) is 38.2. The predicted octanol–water partition coefficient (Wildman–Crippen LogP) is 2.03. The number of methoxy groups -OCH3 is 1. The van der Waals surface area contributed by atoms with E-state index in [4.69, 9.17) is 4.74 Å². The van der Waals surface area contributed by atoms with Gasteiger partial charge in [0.25, 0.3) is 0 Å². The molecule has 4 aliphatic rings. The van der Waals surface area contributed by atoms with Crippen LogP contribution in [0, 0.1) is 5.92 Å².